The molecule has 0 aliphatic heterocycles. The summed E-state index contributed by atoms with van der Waals surface area (Å²) in [6, 6.07) is 3.62. The third-order valence-corrected chi connectivity index (χ3v) is 3.77. The second-order valence-corrected chi connectivity index (χ2v) is 5.38. The van der Waals surface area contributed by atoms with Crippen LogP contribution in [-0.2, 0) is 0 Å². The van der Waals surface area contributed by atoms with E-state index in [1.54, 1.807) is 27.4 Å². The zero-order valence-corrected chi connectivity index (χ0v) is 14.4. The Labute approximate surface area is 133 Å². The second-order valence-electron chi connectivity index (χ2n) is 5.38. The van der Waals surface area contributed by atoms with E-state index in [0.717, 1.165) is 18.7 Å². The molecule has 1 atom stereocenters. The predicted molar refractivity (Wildman–Crippen MR) is 88.1 cm³/mol. The molecule has 0 saturated carbocycles. The fourth-order valence-electron chi connectivity index (χ4n) is 2.42. The van der Waals surface area contributed by atoms with Gasteiger partial charge in [-0.15, -0.1) is 0 Å². The van der Waals surface area contributed by atoms with E-state index in [1.807, 2.05) is 6.07 Å². The van der Waals surface area contributed by atoms with Gasteiger partial charge in [0.15, 0.2) is 11.5 Å². The second kappa shape index (κ2) is 9.54. The number of hydrogen-bond donors (Lipinski definition) is 1. The van der Waals surface area contributed by atoms with Crippen molar-refractivity contribution in [2.75, 3.05) is 41.5 Å². The van der Waals surface area contributed by atoms with Crippen LogP contribution in [0.1, 0.15) is 37.9 Å². The van der Waals surface area contributed by atoms with E-state index in [2.05, 4.69) is 18.9 Å². The lowest BCUT2D eigenvalue weighted by molar-refractivity contribution is 0.144. The van der Waals surface area contributed by atoms with Crippen LogP contribution in [0.2, 0.25) is 0 Å². The molecule has 1 rings (SSSR count). The van der Waals surface area contributed by atoms with Gasteiger partial charge in [-0.05, 0) is 38.6 Å². The summed E-state index contributed by atoms with van der Waals surface area (Å²) in [4.78, 5) is 2.24. The number of methoxy groups -OCH3 is 3. The molecule has 1 N–H and O–H groups in total. The standard InChI is InChI=1S/C17H29NO4/c1-6-7-11-18(2)12-10-14(19)13-8-9-15(20-3)17(22-5)16(13)21-4/h8-9,14,19H,6-7,10-12H2,1-5H3. The summed E-state index contributed by atoms with van der Waals surface area (Å²) in [6.07, 6.45) is 2.40. The smallest absolute Gasteiger partial charge is 0.203 e. The van der Waals surface area contributed by atoms with Crippen LogP contribution in [0.4, 0.5) is 0 Å². The first kappa shape index (κ1) is 18.6. The Morgan fingerprint density at radius 3 is 2.27 bits per heavy atom. The van der Waals surface area contributed by atoms with Crippen LogP contribution in [-0.4, -0.2) is 51.5 Å². The topological polar surface area (TPSA) is 51.2 Å². The molecule has 0 saturated heterocycles. The van der Waals surface area contributed by atoms with Gasteiger partial charge in [-0.25, -0.2) is 0 Å². The van der Waals surface area contributed by atoms with Crippen LogP contribution in [0, 0.1) is 0 Å². The molecule has 1 aromatic rings. The fourth-order valence-corrected chi connectivity index (χ4v) is 2.42. The number of nitrogens with zero attached hydrogens (tertiary/aromatic N) is 1. The number of benzene rings is 1. The van der Waals surface area contributed by atoms with Crippen molar-refractivity contribution < 1.29 is 19.3 Å². The van der Waals surface area contributed by atoms with Gasteiger partial charge < -0.3 is 24.2 Å². The van der Waals surface area contributed by atoms with Crippen molar-refractivity contribution in [3.8, 4) is 17.2 Å². The van der Waals surface area contributed by atoms with Gasteiger partial charge in [0.2, 0.25) is 5.75 Å². The molecule has 0 aliphatic carbocycles. The predicted octanol–water partition coefficient (Wildman–Crippen LogP) is 2.87. The third-order valence-electron chi connectivity index (χ3n) is 3.77. The van der Waals surface area contributed by atoms with Gasteiger partial charge >= 0.3 is 0 Å². The zero-order chi connectivity index (χ0) is 16.5. The molecule has 0 fully saturated rings. The monoisotopic (exact) mass is 311 g/mol. The average Bonchev–Trinajstić information content (AvgIpc) is 2.55. The summed E-state index contributed by atoms with van der Waals surface area (Å²) in [7, 11) is 6.79. The molecule has 0 radical (unpaired) electrons. The van der Waals surface area contributed by atoms with Crippen molar-refractivity contribution in [2.45, 2.75) is 32.3 Å². The molecule has 1 unspecified atom stereocenters. The number of unbranched alkanes of at least 4 members (excludes halogenated alkanes) is 1. The minimum absolute atomic E-state index is 0.515. The quantitative estimate of drug-likeness (QED) is 0.720. The van der Waals surface area contributed by atoms with E-state index >= 15 is 0 Å². The number of aliphatic hydroxyl groups excluding tert-OH is 1. The number of hydrogen-bond acceptors (Lipinski definition) is 5. The lowest BCUT2D eigenvalue weighted by atomic mass is 10.0. The minimum Gasteiger partial charge on any atom is -0.493 e. The molecule has 0 aromatic heterocycles. The SMILES string of the molecule is CCCCN(C)CCC(O)c1ccc(OC)c(OC)c1OC. The van der Waals surface area contributed by atoms with E-state index in [-0.39, 0.29) is 0 Å². The Morgan fingerprint density at radius 2 is 1.73 bits per heavy atom. The molecule has 5 nitrogen and oxygen atoms in total. The number of ether oxygens (including phenoxy) is 3. The maximum atomic E-state index is 10.5. The van der Waals surface area contributed by atoms with Gasteiger partial charge in [-0.2, -0.15) is 0 Å². The average molecular weight is 311 g/mol. The molecule has 0 aliphatic rings. The van der Waals surface area contributed by atoms with Gasteiger partial charge in [0.1, 0.15) is 0 Å². The summed E-state index contributed by atoms with van der Waals surface area (Å²) >= 11 is 0. The van der Waals surface area contributed by atoms with Crippen molar-refractivity contribution in [1.82, 2.24) is 4.90 Å². The zero-order valence-electron chi connectivity index (χ0n) is 14.4. The van der Waals surface area contributed by atoms with Crippen LogP contribution in [0.25, 0.3) is 0 Å². The molecular formula is C17H29NO4. The van der Waals surface area contributed by atoms with Gasteiger partial charge in [-0.3, -0.25) is 0 Å². The Hall–Kier alpha value is -1.46. The number of aliphatic hydroxyl groups is 1. The molecular weight excluding hydrogens is 282 g/mol. The molecule has 5 heteroatoms. The molecule has 22 heavy (non-hydrogen) atoms. The summed E-state index contributed by atoms with van der Waals surface area (Å²) in [5.74, 6) is 1.64. The van der Waals surface area contributed by atoms with Gasteiger partial charge in [0.25, 0.3) is 0 Å². The van der Waals surface area contributed by atoms with Crippen molar-refractivity contribution in [3.05, 3.63) is 17.7 Å². The molecule has 126 valence electrons. The van der Waals surface area contributed by atoms with Gasteiger partial charge in [0, 0.05) is 12.1 Å². The first-order valence-corrected chi connectivity index (χ1v) is 7.74. The lowest BCUT2D eigenvalue weighted by Crippen LogP contribution is -2.22. The molecule has 0 amide bonds. The summed E-state index contributed by atoms with van der Waals surface area (Å²) in [6.45, 7) is 4.06. The van der Waals surface area contributed by atoms with E-state index < -0.39 is 6.10 Å². The Kier molecular flexibility index (Phi) is 8.06. The maximum Gasteiger partial charge on any atom is 0.203 e. The highest BCUT2D eigenvalue weighted by atomic mass is 16.5. The number of rotatable bonds is 10. The van der Waals surface area contributed by atoms with E-state index in [4.69, 9.17) is 14.2 Å². The van der Waals surface area contributed by atoms with Crippen LogP contribution >= 0.6 is 0 Å². The van der Waals surface area contributed by atoms with Gasteiger partial charge in [0.05, 0.1) is 27.4 Å². The lowest BCUT2D eigenvalue weighted by Gasteiger charge is -2.21. The van der Waals surface area contributed by atoms with Crippen LogP contribution in [0.15, 0.2) is 12.1 Å². The summed E-state index contributed by atoms with van der Waals surface area (Å²) in [5.41, 5.74) is 0.726. The highest BCUT2D eigenvalue weighted by Crippen LogP contribution is 2.42. The Bertz CT molecular complexity index is 451. The van der Waals surface area contributed by atoms with Crippen molar-refractivity contribution >= 4 is 0 Å². The molecule has 0 spiro atoms. The van der Waals surface area contributed by atoms with Crippen LogP contribution in [0.5, 0.6) is 17.2 Å². The first-order chi connectivity index (χ1) is 10.6. The Morgan fingerprint density at radius 1 is 1.05 bits per heavy atom. The highest BCUT2D eigenvalue weighted by molar-refractivity contribution is 5.56. The maximum absolute atomic E-state index is 10.5. The first-order valence-electron chi connectivity index (χ1n) is 7.74. The van der Waals surface area contributed by atoms with Crippen molar-refractivity contribution in [2.24, 2.45) is 0 Å². The van der Waals surface area contributed by atoms with Crippen molar-refractivity contribution in [3.63, 3.8) is 0 Å². The molecule has 1 aromatic carbocycles. The van der Waals surface area contributed by atoms with Crippen LogP contribution in [0.3, 0.4) is 0 Å². The van der Waals surface area contributed by atoms with Crippen LogP contribution < -0.4 is 14.2 Å². The Balaban J connectivity index is 2.82. The molecule has 0 bridgehead atoms. The minimum atomic E-state index is -0.598. The normalized spacial score (nSPS) is 12.3. The van der Waals surface area contributed by atoms with Crippen molar-refractivity contribution in [1.29, 1.82) is 0 Å². The summed E-state index contributed by atoms with van der Waals surface area (Å²) in [5, 5.41) is 10.5. The van der Waals surface area contributed by atoms with E-state index in [9.17, 15) is 5.11 Å². The summed E-state index contributed by atoms with van der Waals surface area (Å²) < 4.78 is 16.0. The third kappa shape index (κ3) is 4.78. The largest absolute Gasteiger partial charge is 0.493 e. The van der Waals surface area contributed by atoms with E-state index in [0.29, 0.717) is 23.7 Å². The fraction of sp³-hybridized carbons (Fsp3) is 0.647. The van der Waals surface area contributed by atoms with Gasteiger partial charge in [-0.1, -0.05) is 13.3 Å². The highest BCUT2D eigenvalue weighted by Gasteiger charge is 2.21. The van der Waals surface area contributed by atoms with E-state index in [1.165, 1.54) is 12.8 Å². The molecule has 0 heterocycles.